The largest absolute Gasteiger partial charge is 0.486 e. The first-order chi connectivity index (χ1) is 12.7. The van der Waals surface area contributed by atoms with E-state index >= 15 is 0 Å². The van der Waals surface area contributed by atoms with Gasteiger partial charge in [-0.15, -0.1) is 5.10 Å². The first-order valence-corrected chi connectivity index (χ1v) is 8.02. The molecule has 1 aliphatic rings. The number of hydrogen-bond acceptors (Lipinski definition) is 5. The van der Waals surface area contributed by atoms with Crippen LogP contribution in [0.2, 0.25) is 0 Å². The van der Waals surface area contributed by atoms with Crippen molar-refractivity contribution in [2.75, 3.05) is 18.5 Å². The number of amides is 1. The maximum Gasteiger partial charge on any atom is 0.258 e. The third kappa shape index (κ3) is 3.49. The highest BCUT2D eigenvalue weighted by molar-refractivity contribution is 6.03. The Hall–Kier alpha value is -3.42. The fraction of sp³-hybridized carbons (Fsp3) is 0.167. The number of benzene rings is 2. The van der Waals surface area contributed by atoms with Crippen LogP contribution in [-0.4, -0.2) is 33.9 Å². The van der Waals surface area contributed by atoms with Gasteiger partial charge in [0.05, 0.1) is 6.54 Å². The first kappa shape index (κ1) is 16.1. The molecule has 1 N–H and O–H groups in total. The van der Waals surface area contributed by atoms with E-state index in [1.54, 1.807) is 35.0 Å². The Bertz CT molecular complexity index is 940. The number of nitrogens with zero attached hydrogens (tertiary/aromatic N) is 3. The van der Waals surface area contributed by atoms with Gasteiger partial charge in [-0.1, -0.05) is 12.1 Å². The third-order valence-electron chi connectivity index (χ3n) is 3.82. The summed E-state index contributed by atoms with van der Waals surface area (Å²) in [6, 6.07) is 11.1. The summed E-state index contributed by atoms with van der Waals surface area (Å²) in [5.41, 5.74) is 1.30. The molecule has 2 aromatic carbocycles. The van der Waals surface area contributed by atoms with Gasteiger partial charge in [0, 0.05) is 5.56 Å². The summed E-state index contributed by atoms with van der Waals surface area (Å²) in [7, 11) is 0. The summed E-state index contributed by atoms with van der Waals surface area (Å²) in [6.07, 6.45) is 1.50. The van der Waals surface area contributed by atoms with Crippen molar-refractivity contribution in [1.82, 2.24) is 14.8 Å². The lowest BCUT2D eigenvalue weighted by atomic mass is 10.2. The smallest absolute Gasteiger partial charge is 0.258 e. The zero-order valence-corrected chi connectivity index (χ0v) is 13.7. The SMILES string of the molecule is O=C(Nc1ncn(Cc2ccc(F)cc2)n1)c1ccc2c(c1)OCCO2. The summed E-state index contributed by atoms with van der Waals surface area (Å²) >= 11 is 0. The molecule has 0 atom stereocenters. The van der Waals surface area contributed by atoms with Crippen molar-refractivity contribution in [2.24, 2.45) is 0 Å². The monoisotopic (exact) mass is 354 g/mol. The van der Waals surface area contributed by atoms with Gasteiger partial charge in [0.2, 0.25) is 5.95 Å². The predicted molar refractivity (Wildman–Crippen MR) is 90.9 cm³/mol. The minimum atomic E-state index is -0.346. The Balaban J connectivity index is 1.43. The zero-order valence-electron chi connectivity index (χ0n) is 13.7. The van der Waals surface area contributed by atoms with Gasteiger partial charge < -0.3 is 9.47 Å². The molecule has 4 rings (SSSR count). The van der Waals surface area contributed by atoms with Crippen LogP contribution in [0.25, 0.3) is 0 Å². The molecule has 0 saturated heterocycles. The topological polar surface area (TPSA) is 78.3 Å². The van der Waals surface area contributed by atoms with E-state index in [2.05, 4.69) is 15.4 Å². The van der Waals surface area contributed by atoms with Crippen LogP contribution in [-0.2, 0) is 6.54 Å². The standard InChI is InChI=1S/C18H15FN4O3/c19-14-4-1-12(2-5-14)10-23-11-20-18(22-23)21-17(24)13-3-6-15-16(9-13)26-8-7-25-15/h1-6,9,11H,7-8,10H2,(H,21,22,24). The van der Waals surface area contributed by atoms with Crippen LogP contribution in [0.1, 0.15) is 15.9 Å². The van der Waals surface area contributed by atoms with Gasteiger partial charge in [-0.3, -0.25) is 10.1 Å². The number of rotatable bonds is 4. The molecule has 0 spiro atoms. The van der Waals surface area contributed by atoms with Crippen molar-refractivity contribution < 1.29 is 18.7 Å². The molecule has 0 saturated carbocycles. The molecule has 1 aromatic heterocycles. The zero-order chi connectivity index (χ0) is 17.9. The van der Waals surface area contributed by atoms with E-state index in [1.807, 2.05) is 0 Å². The highest BCUT2D eigenvalue weighted by Crippen LogP contribution is 2.30. The second kappa shape index (κ2) is 6.83. The number of nitrogens with one attached hydrogen (secondary N) is 1. The second-order valence-electron chi connectivity index (χ2n) is 5.70. The summed E-state index contributed by atoms with van der Waals surface area (Å²) in [5, 5.41) is 6.85. The van der Waals surface area contributed by atoms with Crippen LogP contribution in [0.3, 0.4) is 0 Å². The van der Waals surface area contributed by atoms with Gasteiger partial charge in [-0.25, -0.2) is 14.1 Å². The average molecular weight is 354 g/mol. The van der Waals surface area contributed by atoms with Crippen LogP contribution in [0.15, 0.2) is 48.8 Å². The van der Waals surface area contributed by atoms with Crippen molar-refractivity contribution in [3.8, 4) is 11.5 Å². The summed E-state index contributed by atoms with van der Waals surface area (Å²) in [6.45, 7) is 1.37. The molecular formula is C18H15FN4O3. The molecule has 3 aromatic rings. The van der Waals surface area contributed by atoms with Crippen LogP contribution >= 0.6 is 0 Å². The van der Waals surface area contributed by atoms with Gasteiger partial charge in [0.25, 0.3) is 5.91 Å². The summed E-state index contributed by atoms with van der Waals surface area (Å²) in [4.78, 5) is 16.4. The molecule has 2 heterocycles. The number of anilines is 1. The quantitative estimate of drug-likeness (QED) is 0.779. The fourth-order valence-electron chi connectivity index (χ4n) is 2.56. The number of carbonyl (C=O) groups excluding carboxylic acids is 1. The number of hydrogen-bond donors (Lipinski definition) is 1. The number of halogens is 1. The normalized spacial score (nSPS) is 12.7. The van der Waals surface area contributed by atoms with E-state index in [4.69, 9.17) is 9.47 Å². The Morgan fingerprint density at radius 3 is 2.69 bits per heavy atom. The molecule has 0 radical (unpaired) electrons. The van der Waals surface area contributed by atoms with Crippen molar-refractivity contribution in [1.29, 1.82) is 0 Å². The van der Waals surface area contributed by atoms with Gasteiger partial charge >= 0.3 is 0 Å². The third-order valence-corrected chi connectivity index (χ3v) is 3.82. The molecule has 0 unspecified atom stereocenters. The van der Waals surface area contributed by atoms with Crippen molar-refractivity contribution >= 4 is 11.9 Å². The highest BCUT2D eigenvalue weighted by atomic mass is 19.1. The molecule has 26 heavy (non-hydrogen) atoms. The average Bonchev–Trinajstić information content (AvgIpc) is 3.10. The molecule has 0 fully saturated rings. The van der Waals surface area contributed by atoms with Crippen LogP contribution in [0.4, 0.5) is 10.3 Å². The van der Waals surface area contributed by atoms with Crippen molar-refractivity contribution in [3.05, 3.63) is 65.7 Å². The Labute approximate surface area is 148 Å². The van der Waals surface area contributed by atoms with Gasteiger partial charge in [0.15, 0.2) is 11.5 Å². The van der Waals surface area contributed by atoms with E-state index in [1.165, 1.54) is 18.5 Å². The molecule has 8 heteroatoms. The van der Waals surface area contributed by atoms with Gasteiger partial charge in [0.1, 0.15) is 25.4 Å². The minimum Gasteiger partial charge on any atom is -0.486 e. The molecule has 132 valence electrons. The highest BCUT2D eigenvalue weighted by Gasteiger charge is 2.16. The van der Waals surface area contributed by atoms with E-state index in [0.717, 1.165) is 5.56 Å². The lowest BCUT2D eigenvalue weighted by Gasteiger charge is -2.18. The van der Waals surface area contributed by atoms with E-state index in [9.17, 15) is 9.18 Å². The Kier molecular flexibility index (Phi) is 4.22. The van der Waals surface area contributed by atoms with Gasteiger partial charge in [-0.05, 0) is 35.9 Å². The maximum absolute atomic E-state index is 12.9. The van der Waals surface area contributed by atoms with Crippen molar-refractivity contribution in [2.45, 2.75) is 6.54 Å². The molecule has 7 nitrogen and oxygen atoms in total. The summed E-state index contributed by atoms with van der Waals surface area (Å²) < 4.78 is 25.4. The number of fused-ring (bicyclic) bond motifs is 1. The molecule has 0 aliphatic carbocycles. The van der Waals surface area contributed by atoms with Crippen LogP contribution in [0, 0.1) is 5.82 Å². The van der Waals surface area contributed by atoms with E-state index < -0.39 is 0 Å². The number of ether oxygens (including phenoxy) is 2. The van der Waals surface area contributed by atoms with Crippen molar-refractivity contribution in [3.63, 3.8) is 0 Å². The second-order valence-corrected chi connectivity index (χ2v) is 5.70. The lowest BCUT2D eigenvalue weighted by Crippen LogP contribution is -2.17. The first-order valence-electron chi connectivity index (χ1n) is 8.02. The fourth-order valence-corrected chi connectivity index (χ4v) is 2.56. The molecular weight excluding hydrogens is 339 g/mol. The predicted octanol–water partition coefficient (Wildman–Crippen LogP) is 2.49. The minimum absolute atomic E-state index is 0.187. The molecule has 1 amide bonds. The lowest BCUT2D eigenvalue weighted by molar-refractivity contribution is 0.102. The number of carbonyl (C=O) groups is 1. The molecule has 1 aliphatic heterocycles. The van der Waals surface area contributed by atoms with Crippen LogP contribution in [0.5, 0.6) is 11.5 Å². The Morgan fingerprint density at radius 2 is 1.88 bits per heavy atom. The summed E-state index contributed by atoms with van der Waals surface area (Å²) in [5.74, 6) is 0.710. The van der Waals surface area contributed by atoms with Crippen LogP contribution < -0.4 is 14.8 Å². The van der Waals surface area contributed by atoms with Gasteiger partial charge in [-0.2, -0.15) is 0 Å². The molecule has 0 bridgehead atoms. The Morgan fingerprint density at radius 1 is 1.12 bits per heavy atom. The maximum atomic E-state index is 12.9. The van der Waals surface area contributed by atoms with E-state index in [0.29, 0.717) is 36.8 Å². The number of aromatic nitrogens is 3. The van der Waals surface area contributed by atoms with E-state index in [-0.39, 0.29) is 17.7 Å².